The molecule has 1 rings (SSSR count). The molecule has 0 aromatic carbocycles. The number of hydrogen-bond donors (Lipinski definition) is 2. The number of aliphatic carboxylic acids is 1. The van der Waals surface area contributed by atoms with Crippen molar-refractivity contribution in [1.82, 2.24) is 0 Å². The molecular formula is C10H16O3. The van der Waals surface area contributed by atoms with Gasteiger partial charge in [-0.15, -0.1) is 0 Å². The molecule has 0 spiro atoms. The van der Waals surface area contributed by atoms with Gasteiger partial charge in [-0.1, -0.05) is 12.2 Å². The minimum Gasteiger partial charge on any atom is -0.481 e. The van der Waals surface area contributed by atoms with Crippen LogP contribution >= 0.6 is 0 Å². The summed E-state index contributed by atoms with van der Waals surface area (Å²) in [6.45, 7) is 0. The van der Waals surface area contributed by atoms with E-state index in [9.17, 15) is 9.90 Å². The third-order valence-corrected chi connectivity index (χ3v) is 2.51. The van der Waals surface area contributed by atoms with Crippen molar-refractivity contribution in [2.75, 3.05) is 0 Å². The Morgan fingerprint density at radius 1 is 1.54 bits per heavy atom. The van der Waals surface area contributed by atoms with Crippen LogP contribution in [-0.2, 0) is 4.79 Å². The highest BCUT2D eigenvalue weighted by molar-refractivity contribution is 5.66. The van der Waals surface area contributed by atoms with E-state index in [-0.39, 0.29) is 12.3 Å². The fourth-order valence-corrected chi connectivity index (χ4v) is 1.67. The van der Waals surface area contributed by atoms with Gasteiger partial charge in [0.2, 0.25) is 0 Å². The summed E-state index contributed by atoms with van der Waals surface area (Å²) in [7, 11) is 0. The Balaban J connectivity index is 2.25. The lowest BCUT2D eigenvalue weighted by atomic mass is 9.87. The molecule has 74 valence electrons. The topological polar surface area (TPSA) is 57.5 Å². The number of rotatable bonds is 4. The van der Waals surface area contributed by atoms with Gasteiger partial charge in [0.1, 0.15) is 0 Å². The molecule has 2 atom stereocenters. The van der Waals surface area contributed by atoms with Gasteiger partial charge in [-0.3, -0.25) is 4.79 Å². The van der Waals surface area contributed by atoms with E-state index in [4.69, 9.17) is 5.11 Å². The first-order valence-corrected chi connectivity index (χ1v) is 4.75. The van der Waals surface area contributed by atoms with Gasteiger partial charge in [0.05, 0.1) is 6.10 Å². The van der Waals surface area contributed by atoms with Crippen molar-refractivity contribution in [2.24, 2.45) is 5.92 Å². The van der Waals surface area contributed by atoms with Gasteiger partial charge in [0.25, 0.3) is 0 Å². The number of hydrogen-bond acceptors (Lipinski definition) is 2. The van der Waals surface area contributed by atoms with E-state index in [2.05, 4.69) is 12.2 Å². The van der Waals surface area contributed by atoms with Gasteiger partial charge in [-0.2, -0.15) is 0 Å². The zero-order valence-electron chi connectivity index (χ0n) is 7.65. The Morgan fingerprint density at radius 3 is 2.85 bits per heavy atom. The zero-order valence-corrected chi connectivity index (χ0v) is 7.65. The normalized spacial score (nSPS) is 24.2. The van der Waals surface area contributed by atoms with Gasteiger partial charge < -0.3 is 10.2 Å². The minimum absolute atomic E-state index is 0.0708. The first kappa shape index (κ1) is 10.3. The molecule has 0 heterocycles. The molecule has 3 nitrogen and oxygen atoms in total. The summed E-state index contributed by atoms with van der Waals surface area (Å²) in [6, 6.07) is 0. The number of allylic oxidation sites excluding steroid dienone is 2. The van der Waals surface area contributed by atoms with E-state index in [0.29, 0.717) is 6.42 Å². The number of carboxylic acid groups (broad SMARTS) is 1. The van der Waals surface area contributed by atoms with Crippen molar-refractivity contribution < 1.29 is 15.0 Å². The highest BCUT2D eigenvalue weighted by Crippen LogP contribution is 2.23. The van der Waals surface area contributed by atoms with Crippen LogP contribution in [0.4, 0.5) is 0 Å². The standard InChI is InChI=1S/C10H16O3/c11-9(6-7-10(12)13)8-4-2-1-3-5-8/h1-2,8-9,11H,3-7H2,(H,12,13). The van der Waals surface area contributed by atoms with Crippen LogP contribution in [0.25, 0.3) is 0 Å². The van der Waals surface area contributed by atoms with Crippen molar-refractivity contribution in [2.45, 2.75) is 38.2 Å². The Hall–Kier alpha value is -0.830. The van der Waals surface area contributed by atoms with Crippen LogP contribution in [0.15, 0.2) is 12.2 Å². The van der Waals surface area contributed by atoms with Crippen LogP contribution in [0.1, 0.15) is 32.1 Å². The van der Waals surface area contributed by atoms with Gasteiger partial charge in [-0.25, -0.2) is 0 Å². The molecule has 0 aliphatic heterocycles. The van der Waals surface area contributed by atoms with E-state index in [1.54, 1.807) is 0 Å². The molecular weight excluding hydrogens is 168 g/mol. The minimum atomic E-state index is -0.828. The Kier molecular flexibility index (Phi) is 3.96. The highest BCUT2D eigenvalue weighted by atomic mass is 16.4. The predicted molar refractivity (Wildman–Crippen MR) is 49.4 cm³/mol. The fraction of sp³-hybridized carbons (Fsp3) is 0.700. The highest BCUT2D eigenvalue weighted by Gasteiger charge is 2.19. The average molecular weight is 184 g/mol. The number of aliphatic hydroxyl groups excluding tert-OH is 1. The van der Waals surface area contributed by atoms with Crippen LogP contribution in [0.2, 0.25) is 0 Å². The van der Waals surface area contributed by atoms with Crippen molar-refractivity contribution in [3.63, 3.8) is 0 Å². The Labute approximate surface area is 78.1 Å². The van der Waals surface area contributed by atoms with Gasteiger partial charge >= 0.3 is 5.97 Å². The lowest BCUT2D eigenvalue weighted by molar-refractivity contribution is -0.137. The number of carboxylic acids is 1. The molecule has 0 radical (unpaired) electrons. The van der Waals surface area contributed by atoms with E-state index in [0.717, 1.165) is 19.3 Å². The molecule has 0 saturated heterocycles. The van der Waals surface area contributed by atoms with Gasteiger partial charge in [-0.05, 0) is 31.6 Å². The molecule has 0 aromatic rings. The lowest BCUT2D eigenvalue weighted by Gasteiger charge is -2.23. The maximum absolute atomic E-state index is 10.3. The monoisotopic (exact) mass is 184 g/mol. The summed E-state index contributed by atoms with van der Waals surface area (Å²) in [6.07, 6.45) is 7.07. The van der Waals surface area contributed by atoms with Crippen LogP contribution in [-0.4, -0.2) is 22.3 Å². The van der Waals surface area contributed by atoms with Crippen molar-refractivity contribution >= 4 is 5.97 Å². The zero-order chi connectivity index (χ0) is 9.68. The second-order valence-electron chi connectivity index (χ2n) is 3.54. The second-order valence-corrected chi connectivity index (χ2v) is 3.54. The maximum atomic E-state index is 10.3. The van der Waals surface area contributed by atoms with Crippen LogP contribution < -0.4 is 0 Å². The van der Waals surface area contributed by atoms with Gasteiger partial charge in [0, 0.05) is 6.42 Å². The molecule has 0 aromatic heterocycles. The van der Waals surface area contributed by atoms with E-state index in [1.807, 2.05) is 0 Å². The summed E-state index contributed by atoms with van der Waals surface area (Å²) in [4.78, 5) is 10.3. The largest absolute Gasteiger partial charge is 0.481 e. The molecule has 1 aliphatic rings. The summed E-state index contributed by atoms with van der Waals surface area (Å²) < 4.78 is 0. The summed E-state index contributed by atoms with van der Waals surface area (Å²) in [5.74, 6) is -0.560. The first-order chi connectivity index (χ1) is 6.20. The van der Waals surface area contributed by atoms with Crippen LogP contribution in [0.5, 0.6) is 0 Å². The SMILES string of the molecule is O=C(O)CCC(O)C1CC=CCC1. The third kappa shape index (κ3) is 3.59. The van der Waals surface area contributed by atoms with Gasteiger partial charge in [0.15, 0.2) is 0 Å². The molecule has 1 aliphatic carbocycles. The maximum Gasteiger partial charge on any atom is 0.303 e. The molecule has 13 heavy (non-hydrogen) atoms. The number of aliphatic hydroxyl groups is 1. The summed E-state index contributed by atoms with van der Waals surface area (Å²) in [5, 5.41) is 18.1. The number of carbonyl (C=O) groups is 1. The van der Waals surface area contributed by atoms with E-state index >= 15 is 0 Å². The Bertz CT molecular complexity index is 198. The fourth-order valence-electron chi connectivity index (χ4n) is 1.67. The van der Waals surface area contributed by atoms with E-state index < -0.39 is 12.1 Å². The second kappa shape index (κ2) is 5.02. The molecule has 2 N–H and O–H groups in total. The van der Waals surface area contributed by atoms with Crippen LogP contribution in [0, 0.1) is 5.92 Å². The molecule has 0 fully saturated rings. The predicted octanol–water partition coefficient (Wildman–Crippen LogP) is 1.57. The van der Waals surface area contributed by atoms with Crippen molar-refractivity contribution in [3.8, 4) is 0 Å². The molecule has 0 amide bonds. The lowest BCUT2D eigenvalue weighted by Crippen LogP contribution is -2.22. The van der Waals surface area contributed by atoms with Crippen molar-refractivity contribution in [1.29, 1.82) is 0 Å². The quantitative estimate of drug-likeness (QED) is 0.652. The molecule has 0 saturated carbocycles. The Morgan fingerprint density at radius 2 is 2.31 bits per heavy atom. The summed E-state index contributed by atoms with van der Waals surface area (Å²) in [5.41, 5.74) is 0. The average Bonchev–Trinajstić information content (AvgIpc) is 2.15. The molecule has 3 heteroatoms. The van der Waals surface area contributed by atoms with Crippen molar-refractivity contribution in [3.05, 3.63) is 12.2 Å². The third-order valence-electron chi connectivity index (χ3n) is 2.51. The smallest absolute Gasteiger partial charge is 0.303 e. The van der Waals surface area contributed by atoms with E-state index in [1.165, 1.54) is 0 Å². The molecule has 2 unspecified atom stereocenters. The summed E-state index contributed by atoms with van der Waals surface area (Å²) >= 11 is 0. The van der Waals surface area contributed by atoms with Crippen LogP contribution in [0.3, 0.4) is 0 Å². The first-order valence-electron chi connectivity index (χ1n) is 4.75. The molecule has 0 bridgehead atoms.